The fourth-order valence-electron chi connectivity index (χ4n) is 6.66. The molecule has 3 atom stereocenters. The third-order valence-electron chi connectivity index (χ3n) is 9.80. The fraction of sp³-hybridized carbons (Fsp3) is 0.524. The number of amides is 3. The van der Waals surface area contributed by atoms with E-state index in [1.165, 1.54) is 27.6 Å². The maximum Gasteiger partial charge on any atom is 0.318 e. The second kappa shape index (κ2) is 19.7. The van der Waals surface area contributed by atoms with Gasteiger partial charge in [-0.2, -0.15) is 4.31 Å². The highest BCUT2D eigenvalue weighted by atomic mass is 32.2. The van der Waals surface area contributed by atoms with Crippen molar-refractivity contribution in [3.05, 3.63) is 95.3 Å². The van der Waals surface area contributed by atoms with Crippen LogP contribution in [0, 0.1) is 11.3 Å². The number of nitrogens with zero attached hydrogens (tertiary/aromatic N) is 4. The van der Waals surface area contributed by atoms with Crippen molar-refractivity contribution in [3.8, 4) is 0 Å². The molecule has 0 radical (unpaired) electrons. The highest BCUT2D eigenvalue weighted by molar-refractivity contribution is 7.89. The van der Waals surface area contributed by atoms with Gasteiger partial charge in [-0.05, 0) is 86.8 Å². The molecule has 0 bridgehead atoms. The predicted octanol–water partition coefficient (Wildman–Crippen LogP) is 5.73. The van der Waals surface area contributed by atoms with E-state index in [0.29, 0.717) is 17.9 Å². The molecule has 4 rings (SSSR count). The van der Waals surface area contributed by atoms with Gasteiger partial charge in [0.15, 0.2) is 0 Å². The minimum absolute atomic E-state index is 0.0428. The molecule has 4 N–H and O–H groups in total. The first-order valence-electron chi connectivity index (χ1n) is 19.3. The number of rotatable bonds is 17. The van der Waals surface area contributed by atoms with Gasteiger partial charge in [0.1, 0.15) is 6.04 Å². The van der Waals surface area contributed by atoms with Crippen LogP contribution in [0.15, 0.2) is 82.8 Å². The Kier molecular flexibility index (Phi) is 15.6. The first kappa shape index (κ1) is 44.3. The van der Waals surface area contributed by atoms with Gasteiger partial charge in [0.25, 0.3) is 0 Å². The van der Waals surface area contributed by atoms with Crippen molar-refractivity contribution in [1.29, 1.82) is 0 Å². The van der Waals surface area contributed by atoms with E-state index in [-0.39, 0.29) is 42.5 Å². The van der Waals surface area contributed by atoms with Gasteiger partial charge in [-0.25, -0.2) is 13.2 Å². The Morgan fingerprint density at radius 1 is 0.946 bits per heavy atom. The molecule has 1 heterocycles. The summed E-state index contributed by atoms with van der Waals surface area (Å²) in [7, 11) is -2.45. The molecule has 0 aliphatic heterocycles. The van der Waals surface area contributed by atoms with Crippen LogP contribution in [-0.2, 0) is 39.1 Å². The maximum atomic E-state index is 14.2. The van der Waals surface area contributed by atoms with E-state index >= 15 is 0 Å². The molecule has 1 aliphatic carbocycles. The van der Waals surface area contributed by atoms with Gasteiger partial charge in [0, 0.05) is 20.1 Å². The Morgan fingerprint density at radius 2 is 1.59 bits per heavy atom. The first-order valence-corrected chi connectivity index (χ1v) is 20.7. The van der Waals surface area contributed by atoms with E-state index in [1.807, 2.05) is 90.1 Å². The number of aliphatic hydroxyl groups excluding tert-OH is 1. The molecule has 1 saturated carbocycles. The molecule has 3 aromatic rings. The monoisotopic (exact) mass is 792 g/mol. The van der Waals surface area contributed by atoms with E-state index < -0.39 is 45.6 Å². The van der Waals surface area contributed by atoms with Crippen molar-refractivity contribution in [2.24, 2.45) is 16.5 Å². The summed E-state index contributed by atoms with van der Waals surface area (Å²) in [5.41, 5.74) is 1.69. The number of carbonyl (C=O) groups excluding carboxylic acids is 2. The average Bonchev–Trinajstić information content (AvgIpc) is 3.66. The number of sulfonamides is 1. The maximum absolute atomic E-state index is 14.2. The topological polar surface area (TPSA) is 174 Å². The smallest absolute Gasteiger partial charge is 0.318 e. The van der Waals surface area contributed by atoms with E-state index in [4.69, 9.17) is 9.94 Å². The van der Waals surface area contributed by atoms with Crippen LogP contribution in [0.25, 0.3) is 0 Å². The number of oxime groups is 1. The number of pyridine rings is 1. The largest absolute Gasteiger partial charge is 0.411 e. The third kappa shape index (κ3) is 13.4. The van der Waals surface area contributed by atoms with Crippen LogP contribution in [0.5, 0.6) is 0 Å². The zero-order valence-corrected chi connectivity index (χ0v) is 34.6. The lowest BCUT2D eigenvalue weighted by molar-refractivity contribution is -0.127. The summed E-state index contributed by atoms with van der Waals surface area (Å²) in [6.45, 7) is 11.9. The van der Waals surface area contributed by atoms with Gasteiger partial charge in [-0.1, -0.05) is 87.3 Å². The van der Waals surface area contributed by atoms with Crippen LogP contribution < -0.4 is 10.6 Å². The van der Waals surface area contributed by atoms with E-state index in [0.717, 1.165) is 36.9 Å². The van der Waals surface area contributed by atoms with Gasteiger partial charge >= 0.3 is 6.03 Å². The molecule has 0 saturated heterocycles. The summed E-state index contributed by atoms with van der Waals surface area (Å²) >= 11 is 0. The van der Waals surface area contributed by atoms with E-state index in [2.05, 4.69) is 20.8 Å². The lowest BCUT2D eigenvalue weighted by Gasteiger charge is -2.35. The SMILES string of the molecule is CN(Cc1cccc(COC(C)(C)C)n1)C(=O)NC(C(=O)N[C@@H](Cc1ccccc1)[C@H](O)CN(CC1CCCC1)S(=O)(=O)c1ccc(/C=N/O)cc1)C(C)(C)C. The summed E-state index contributed by atoms with van der Waals surface area (Å²) in [6, 6.07) is 18.5. The van der Waals surface area contributed by atoms with Crippen LogP contribution >= 0.6 is 0 Å². The number of hydrogen-bond donors (Lipinski definition) is 4. The van der Waals surface area contributed by atoms with Crippen LogP contribution in [0.1, 0.15) is 89.7 Å². The number of hydrogen-bond acceptors (Lipinski definition) is 9. The molecule has 14 heteroatoms. The number of aliphatic hydroxyl groups is 1. The first-order chi connectivity index (χ1) is 26.4. The minimum atomic E-state index is -4.07. The normalized spacial score (nSPS) is 15.8. The molecule has 0 spiro atoms. The Hall–Kier alpha value is -4.37. The van der Waals surface area contributed by atoms with Gasteiger partial charge in [0.2, 0.25) is 15.9 Å². The molecule has 1 fully saturated rings. The Balaban J connectivity index is 1.55. The highest BCUT2D eigenvalue weighted by Gasteiger charge is 2.38. The molecule has 2 aromatic carbocycles. The molecular formula is C42H60N6O7S. The molecule has 3 amide bonds. The van der Waals surface area contributed by atoms with Crippen LogP contribution in [0.3, 0.4) is 0 Å². The second-order valence-electron chi connectivity index (χ2n) is 16.8. The number of benzene rings is 2. The van der Waals surface area contributed by atoms with E-state index in [1.54, 1.807) is 19.2 Å². The molecule has 306 valence electrons. The lowest BCUT2D eigenvalue weighted by atomic mass is 9.85. The third-order valence-corrected chi connectivity index (χ3v) is 11.6. The summed E-state index contributed by atoms with van der Waals surface area (Å²) in [4.78, 5) is 34.0. The van der Waals surface area contributed by atoms with Crippen LogP contribution in [0.4, 0.5) is 4.79 Å². The summed E-state index contributed by atoms with van der Waals surface area (Å²) in [5.74, 6) is -0.378. The van der Waals surface area contributed by atoms with Gasteiger partial charge < -0.3 is 30.6 Å². The lowest BCUT2D eigenvalue weighted by Crippen LogP contribution is -2.60. The number of nitrogens with one attached hydrogen (secondary N) is 2. The standard InChI is InChI=1S/C42H60N6O7S/c1-41(2,3)38(46-40(51)47(7)27-33-18-13-19-34(44-33)29-55-42(4,5)6)39(50)45-36(24-30-14-9-8-10-15-30)37(49)28-48(26-32-16-11-12-17-32)56(53,54)35-22-20-31(21-23-35)25-43-52/h8-10,13-15,18-23,25,32,36-38,49,52H,11-12,16-17,24,26-29H2,1-7H3,(H,45,50)(H,46,51)/b43-25+/t36-,37+,38?/m0/s1. The molecule has 56 heavy (non-hydrogen) atoms. The molecule has 1 aromatic heterocycles. The predicted molar refractivity (Wildman–Crippen MR) is 217 cm³/mol. The van der Waals surface area contributed by atoms with Crippen molar-refractivity contribution in [2.75, 3.05) is 20.1 Å². The van der Waals surface area contributed by atoms with Crippen molar-refractivity contribution < 1.29 is 33.1 Å². The number of carbonyl (C=O) groups is 2. The van der Waals surface area contributed by atoms with Crippen molar-refractivity contribution in [2.45, 2.75) is 115 Å². The van der Waals surface area contributed by atoms with Crippen molar-refractivity contribution in [1.82, 2.24) is 24.8 Å². The van der Waals surface area contributed by atoms with Crippen molar-refractivity contribution in [3.63, 3.8) is 0 Å². The zero-order valence-electron chi connectivity index (χ0n) is 33.8. The molecule has 1 aliphatic rings. The van der Waals surface area contributed by atoms with Gasteiger partial charge in [-0.3, -0.25) is 9.78 Å². The van der Waals surface area contributed by atoms with E-state index in [9.17, 15) is 23.1 Å². The Bertz CT molecular complexity index is 1850. The van der Waals surface area contributed by atoms with Gasteiger partial charge in [0.05, 0.1) is 53.4 Å². The van der Waals surface area contributed by atoms with Crippen molar-refractivity contribution >= 4 is 28.2 Å². The molecular weight excluding hydrogens is 733 g/mol. The number of aromatic nitrogens is 1. The zero-order chi connectivity index (χ0) is 41.1. The fourth-order valence-corrected chi connectivity index (χ4v) is 8.19. The van der Waals surface area contributed by atoms with Gasteiger partial charge in [-0.15, -0.1) is 0 Å². The quantitative estimate of drug-likeness (QED) is 0.0762. The Labute approximate surface area is 332 Å². The van der Waals surface area contributed by atoms with Crippen LogP contribution in [0.2, 0.25) is 0 Å². The summed E-state index contributed by atoms with van der Waals surface area (Å²) in [6.07, 6.45) is 3.89. The average molecular weight is 793 g/mol. The second-order valence-corrected chi connectivity index (χ2v) is 18.7. The Morgan fingerprint density at radius 3 is 2.20 bits per heavy atom. The van der Waals surface area contributed by atoms with Crippen LogP contribution in [-0.4, -0.2) is 95.0 Å². The molecule has 13 nitrogen and oxygen atoms in total. The highest BCUT2D eigenvalue weighted by Crippen LogP contribution is 2.29. The number of urea groups is 1. The summed E-state index contributed by atoms with van der Waals surface area (Å²) in [5, 5.41) is 29.8. The molecule has 1 unspecified atom stereocenters. The number of ether oxygens (including phenoxy) is 1. The summed E-state index contributed by atoms with van der Waals surface area (Å²) < 4.78 is 35.5. The minimum Gasteiger partial charge on any atom is -0.411 e.